The number of hydrogen-bond donors (Lipinski definition) is 2. The lowest BCUT2D eigenvalue weighted by atomic mass is 10.1. The van der Waals surface area contributed by atoms with Gasteiger partial charge in [0.2, 0.25) is 5.88 Å². The molecule has 0 spiro atoms. The summed E-state index contributed by atoms with van der Waals surface area (Å²) in [5.74, 6) is -0.666. The van der Waals surface area contributed by atoms with Gasteiger partial charge in [0, 0.05) is 6.20 Å². The van der Waals surface area contributed by atoms with E-state index in [-0.39, 0.29) is 11.4 Å². The maximum atomic E-state index is 10.8. The Morgan fingerprint density at radius 1 is 1.53 bits per heavy atom. The van der Waals surface area contributed by atoms with Crippen molar-refractivity contribution < 1.29 is 19.4 Å². The first-order chi connectivity index (χ1) is 7.11. The van der Waals surface area contributed by atoms with Crippen molar-refractivity contribution in [3.8, 4) is 11.6 Å². The first-order valence-corrected chi connectivity index (χ1v) is 4.17. The molecule has 6 heteroatoms. The highest BCUT2D eigenvalue weighted by molar-refractivity contribution is 5.77. The molecule has 0 amide bonds. The average Bonchev–Trinajstić information content (AvgIpc) is 2.26. The fourth-order valence-electron chi connectivity index (χ4n) is 1.19. The van der Waals surface area contributed by atoms with Gasteiger partial charge >= 0.3 is 5.97 Å². The van der Waals surface area contributed by atoms with Gasteiger partial charge in [-0.25, -0.2) is 4.98 Å². The third-order valence-electron chi connectivity index (χ3n) is 1.90. The number of carboxylic acid groups (broad SMARTS) is 1. The van der Waals surface area contributed by atoms with Gasteiger partial charge in [0.1, 0.15) is 11.8 Å². The molecule has 82 valence electrons. The van der Waals surface area contributed by atoms with Gasteiger partial charge in [-0.15, -0.1) is 0 Å². The van der Waals surface area contributed by atoms with Crippen LogP contribution in [0.5, 0.6) is 11.6 Å². The molecule has 1 heterocycles. The summed E-state index contributed by atoms with van der Waals surface area (Å²) in [5, 5.41) is 8.81. The number of ether oxygens (including phenoxy) is 2. The molecule has 0 bridgehead atoms. The summed E-state index contributed by atoms with van der Waals surface area (Å²) in [6.07, 6.45) is 1.45. The van der Waals surface area contributed by atoms with Crippen LogP contribution in [0.25, 0.3) is 0 Å². The summed E-state index contributed by atoms with van der Waals surface area (Å²) < 4.78 is 9.92. The molecular formula is C9H12N2O4. The van der Waals surface area contributed by atoms with Crippen LogP contribution in [0, 0.1) is 0 Å². The monoisotopic (exact) mass is 212 g/mol. The second kappa shape index (κ2) is 4.61. The highest BCUT2D eigenvalue weighted by atomic mass is 16.5. The number of aliphatic carboxylic acids is 1. The molecule has 0 radical (unpaired) electrons. The number of nitrogens with zero attached hydrogens (tertiary/aromatic N) is 1. The van der Waals surface area contributed by atoms with E-state index in [9.17, 15) is 4.79 Å². The zero-order chi connectivity index (χ0) is 11.4. The van der Waals surface area contributed by atoms with E-state index in [1.54, 1.807) is 0 Å². The van der Waals surface area contributed by atoms with E-state index in [0.29, 0.717) is 5.75 Å². The van der Waals surface area contributed by atoms with Crippen LogP contribution in [0.3, 0.4) is 0 Å². The van der Waals surface area contributed by atoms with Crippen LogP contribution in [0.15, 0.2) is 12.3 Å². The van der Waals surface area contributed by atoms with Crippen LogP contribution < -0.4 is 15.2 Å². The van der Waals surface area contributed by atoms with E-state index in [1.807, 2.05) is 0 Å². The molecule has 1 aromatic heterocycles. The third kappa shape index (κ3) is 2.16. The number of carboxylic acids is 1. The molecule has 1 aromatic rings. The number of nitrogens with two attached hydrogens (primary N) is 1. The Morgan fingerprint density at radius 2 is 2.20 bits per heavy atom. The van der Waals surface area contributed by atoms with Crippen molar-refractivity contribution in [3.63, 3.8) is 0 Å². The minimum atomic E-state index is -1.22. The van der Waals surface area contributed by atoms with Crippen molar-refractivity contribution in [2.24, 2.45) is 5.73 Å². The molecule has 0 saturated heterocycles. The molecule has 0 aliphatic rings. The standard InChI is InChI=1S/C9H12N2O4/c1-14-5-3-4-11-8(15-2)6(5)7(10)9(12)13/h3-4,7H,10H2,1-2H3,(H,12,13). The Labute approximate surface area is 86.6 Å². The Hall–Kier alpha value is -1.82. The van der Waals surface area contributed by atoms with Crippen LogP contribution in [-0.2, 0) is 4.79 Å². The van der Waals surface area contributed by atoms with Crippen LogP contribution in [0.4, 0.5) is 0 Å². The van der Waals surface area contributed by atoms with Crippen LogP contribution in [0.2, 0.25) is 0 Å². The Balaban J connectivity index is 3.27. The fourth-order valence-corrected chi connectivity index (χ4v) is 1.19. The van der Waals surface area contributed by atoms with Crippen molar-refractivity contribution in [2.45, 2.75) is 6.04 Å². The van der Waals surface area contributed by atoms with E-state index < -0.39 is 12.0 Å². The maximum absolute atomic E-state index is 10.8. The summed E-state index contributed by atoms with van der Waals surface area (Å²) in [5.41, 5.74) is 5.72. The van der Waals surface area contributed by atoms with Crippen molar-refractivity contribution in [2.75, 3.05) is 14.2 Å². The molecule has 15 heavy (non-hydrogen) atoms. The first kappa shape index (κ1) is 11.3. The van der Waals surface area contributed by atoms with Gasteiger partial charge in [-0.05, 0) is 6.07 Å². The lowest BCUT2D eigenvalue weighted by Gasteiger charge is -2.14. The number of rotatable bonds is 4. The molecule has 6 nitrogen and oxygen atoms in total. The topological polar surface area (TPSA) is 94.7 Å². The van der Waals surface area contributed by atoms with Crippen molar-refractivity contribution in [3.05, 3.63) is 17.8 Å². The largest absolute Gasteiger partial charge is 0.496 e. The highest BCUT2D eigenvalue weighted by Gasteiger charge is 2.24. The molecule has 0 aromatic carbocycles. The molecule has 1 unspecified atom stereocenters. The van der Waals surface area contributed by atoms with E-state index in [4.69, 9.17) is 20.3 Å². The summed E-state index contributed by atoms with van der Waals surface area (Å²) in [7, 11) is 2.81. The van der Waals surface area contributed by atoms with Gasteiger partial charge in [0.15, 0.2) is 0 Å². The van der Waals surface area contributed by atoms with Crippen LogP contribution >= 0.6 is 0 Å². The van der Waals surface area contributed by atoms with Crippen molar-refractivity contribution in [1.29, 1.82) is 0 Å². The van der Waals surface area contributed by atoms with Crippen LogP contribution in [0.1, 0.15) is 11.6 Å². The third-order valence-corrected chi connectivity index (χ3v) is 1.90. The van der Waals surface area contributed by atoms with Gasteiger partial charge in [-0.2, -0.15) is 0 Å². The zero-order valence-corrected chi connectivity index (χ0v) is 8.43. The number of pyridine rings is 1. The average molecular weight is 212 g/mol. The Bertz CT molecular complexity index is 345. The maximum Gasteiger partial charge on any atom is 0.325 e. The molecular weight excluding hydrogens is 200 g/mol. The van der Waals surface area contributed by atoms with Gasteiger partial charge in [0.25, 0.3) is 0 Å². The minimum absolute atomic E-state index is 0.157. The zero-order valence-electron chi connectivity index (χ0n) is 8.43. The first-order valence-electron chi connectivity index (χ1n) is 4.17. The van der Waals surface area contributed by atoms with E-state index in [1.165, 1.54) is 26.5 Å². The number of hydrogen-bond acceptors (Lipinski definition) is 5. The predicted molar refractivity (Wildman–Crippen MR) is 51.9 cm³/mol. The van der Waals surface area contributed by atoms with Gasteiger partial charge < -0.3 is 20.3 Å². The number of carbonyl (C=O) groups is 1. The number of methoxy groups -OCH3 is 2. The van der Waals surface area contributed by atoms with Crippen LogP contribution in [-0.4, -0.2) is 30.3 Å². The summed E-state index contributed by atoms with van der Waals surface area (Å²) in [6.45, 7) is 0. The van der Waals surface area contributed by atoms with Crippen molar-refractivity contribution >= 4 is 5.97 Å². The highest BCUT2D eigenvalue weighted by Crippen LogP contribution is 2.30. The molecule has 0 aliphatic carbocycles. The molecule has 0 saturated carbocycles. The summed E-state index contributed by atoms with van der Waals surface area (Å²) in [4.78, 5) is 14.6. The van der Waals surface area contributed by atoms with E-state index >= 15 is 0 Å². The quantitative estimate of drug-likeness (QED) is 0.739. The Kier molecular flexibility index (Phi) is 3.46. The van der Waals surface area contributed by atoms with Gasteiger partial charge in [0.05, 0.1) is 19.8 Å². The van der Waals surface area contributed by atoms with Gasteiger partial charge in [-0.3, -0.25) is 4.79 Å². The number of aromatic nitrogens is 1. The fraction of sp³-hybridized carbons (Fsp3) is 0.333. The molecule has 3 N–H and O–H groups in total. The van der Waals surface area contributed by atoms with Crippen molar-refractivity contribution in [1.82, 2.24) is 4.98 Å². The Morgan fingerprint density at radius 3 is 2.67 bits per heavy atom. The van der Waals surface area contributed by atoms with Gasteiger partial charge in [-0.1, -0.05) is 0 Å². The molecule has 0 fully saturated rings. The normalized spacial score (nSPS) is 11.9. The molecule has 0 aliphatic heterocycles. The lowest BCUT2D eigenvalue weighted by molar-refractivity contribution is -0.138. The summed E-state index contributed by atoms with van der Waals surface area (Å²) in [6, 6.07) is 0.310. The second-order valence-corrected chi connectivity index (χ2v) is 2.75. The predicted octanol–water partition coefficient (Wildman–Crippen LogP) is 0.183. The lowest BCUT2D eigenvalue weighted by Crippen LogP contribution is -2.22. The SMILES string of the molecule is COc1ccnc(OC)c1C(N)C(=O)O. The molecule has 1 rings (SSSR count). The van der Waals surface area contributed by atoms with E-state index in [0.717, 1.165) is 0 Å². The van der Waals surface area contributed by atoms with E-state index in [2.05, 4.69) is 4.98 Å². The minimum Gasteiger partial charge on any atom is -0.496 e. The summed E-state index contributed by atoms with van der Waals surface area (Å²) >= 11 is 0. The molecule has 1 atom stereocenters. The smallest absolute Gasteiger partial charge is 0.325 e. The second-order valence-electron chi connectivity index (χ2n) is 2.75.